The number of nitrogens with zero attached hydrogens (tertiary/aromatic N) is 5. The second kappa shape index (κ2) is 11.9. The lowest BCUT2D eigenvalue weighted by Crippen LogP contribution is -2.52. The molecular formula is C28H38F2N6O4. The molecule has 0 amide bonds. The lowest BCUT2D eigenvalue weighted by molar-refractivity contribution is -0.130. The first-order valence-corrected chi connectivity index (χ1v) is 13.9. The van der Waals surface area contributed by atoms with Crippen LogP contribution >= 0.6 is 0 Å². The fourth-order valence-corrected chi connectivity index (χ4v) is 5.50. The molecule has 1 saturated carbocycles. The molecule has 40 heavy (non-hydrogen) atoms. The first-order chi connectivity index (χ1) is 19.1. The number of aliphatic hydroxyl groups is 2. The quantitative estimate of drug-likeness (QED) is 0.359. The molecule has 3 aromatic heterocycles. The zero-order valence-electron chi connectivity index (χ0n) is 23.1. The summed E-state index contributed by atoms with van der Waals surface area (Å²) in [5.41, 5.74) is 2.78. The molecule has 3 aromatic rings. The van der Waals surface area contributed by atoms with E-state index in [1.165, 1.54) is 0 Å². The van der Waals surface area contributed by atoms with E-state index in [1.54, 1.807) is 33.2 Å². The molecular weight excluding hydrogens is 522 g/mol. The van der Waals surface area contributed by atoms with Crippen molar-refractivity contribution < 1.29 is 28.5 Å². The monoisotopic (exact) mass is 560 g/mol. The summed E-state index contributed by atoms with van der Waals surface area (Å²) in [7, 11) is 0. The molecule has 1 aliphatic carbocycles. The number of pyridine rings is 1. The Morgan fingerprint density at radius 3 is 2.70 bits per heavy atom. The Morgan fingerprint density at radius 1 is 1.20 bits per heavy atom. The van der Waals surface area contributed by atoms with Crippen LogP contribution in [-0.4, -0.2) is 86.6 Å². The molecule has 0 aromatic carbocycles. The van der Waals surface area contributed by atoms with E-state index in [-0.39, 0.29) is 24.7 Å². The number of hydrogen-bond donors (Lipinski definition) is 3. The van der Waals surface area contributed by atoms with Gasteiger partial charge in [0.2, 0.25) is 5.95 Å². The minimum atomic E-state index is -2.84. The van der Waals surface area contributed by atoms with E-state index in [0.29, 0.717) is 25.6 Å². The highest BCUT2D eigenvalue weighted by atomic mass is 19.3. The Labute approximate surface area is 232 Å². The Morgan fingerprint density at radius 2 is 1.98 bits per heavy atom. The molecule has 4 heterocycles. The molecule has 2 fully saturated rings. The highest BCUT2D eigenvalue weighted by Crippen LogP contribution is 2.38. The van der Waals surface area contributed by atoms with E-state index in [9.17, 15) is 19.0 Å². The van der Waals surface area contributed by atoms with Gasteiger partial charge in [0.1, 0.15) is 11.9 Å². The van der Waals surface area contributed by atoms with Gasteiger partial charge in [-0.3, -0.25) is 0 Å². The molecule has 3 N–H and O–H groups in total. The normalized spacial score (nSPS) is 23.1. The minimum Gasteiger partial charge on any atom is -0.393 e. The summed E-state index contributed by atoms with van der Waals surface area (Å²) in [5.74, 6) is 1.32. The van der Waals surface area contributed by atoms with Crippen LogP contribution in [0.4, 0.5) is 20.5 Å². The number of anilines is 2. The van der Waals surface area contributed by atoms with Gasteiger partial charge in [-0.15, -0.1) is 5.10 Å². The van der Waals surface area contributed by atoms with Crippen LogP contribution < -0.4 is 10.2 Å². The van der Waals surface area contributed by atoms with E-state index in [1.807, 2.05) is 16.6 Å². The van der Waals surface area contributed by atoms with Crippen molar-refractivity contribution in [2.45, 2.75) is 82.8 Å². The van der Waals surface area contributed by atoms with Crippen LogP contribution in [0.15, 0.2) is 30.6 Å². The Kier molecular flexibility index (Phi) is 8.50. The van der Waals surface area contributed by atoms with Crippen LogP contribution in [0.2, 0.25) is 0 Å². The van der Waals surface area contributed by atoms with Gasteiger partial charge in [-0.25, -0.2) is 14.5 Å². The van der Waals surface area contributed by atoms with Crippen LogP contribution in [0.3, 0.4) is 0 Å². The second-order valence-corrected chi connectivity index (χ2v) is 11.4. The van der Waals surface area contributed by atoms with Crippen molar-refractivity contribution in [2.75, 3.05) is 36.5 Å². The molecule has 0 spiro atoms. The van der Waals surface area contributed by atoms with Crippen molar-refractivity contribution in [3.63, 3.8) is 0 Å². The number of hydrogen-bond acceptors (Lipinski definition) is 9. The fourth-order valence-electron chi connectivity index (χ4n) is 5.50. The van der Waals surface area contributed by atoms with Crippen LogP contribution in [0.1, 0.15) is 58.1 Å². The Hall–Kier alpha value is -2.93. The number of nitrogens with one attached hydrogen (secondary N) is 1. The number of ether oxygens (including phenoxy) is 2. The lowest BCUT2D eigenvalue weighted by Gasteiger charge is -2.39. The number of alkyl halides is 2. The van der Waals surface area contributed by atoms with Gasteiger partial charge in [0.25, 0.3) is 0 Å². The molecule has 218 valence electrons. The molecule has 2 aliphatic rings. The molecule has 0 radical (unpaired) electrons. The van der Waals surface area contributed by atoms with E-state index in [0.717, 1.165) is 53.8 Å². The summed E-state index contributed by atoms with van der Waals surface area (Å²) in [6.45, 7) is 3.90. The van der Waals surface area contributed by atoms with E-state index in [2.05, 4.69) is 31.0 Å². The van der Waals surface area contributed by atoms with Crippen LogP contribution in [0.25, 0.3) is 16.6 Å². The average molecular weight is 561 g/mol. The SMILES string of the molecule is C[C@@H](COC(F)F)Nc1ncc2c(-c3ccnc(N4CCO[C@@H](C(C)(C)O)C4)c3)cc(C3CCC(O)CC3)n2n1. The summed E-state index contributed by atoms with van der Waals surface area (Å²) in [6, 6.07) is 5.71. The van der Waals surface area contributed by atoms with Gasteiger partial charge in [0, 0.05) is 42.5 Å². The molecule has 12 heteroatoms. The number of morpholine rings is 1. The van der Waals surface area contributed by atoms with Crippen molar-refractivity contribution in [3.05, 3.63) is 36.3 Å². The summed E-state index contributed by atoms with van der Waals surface area (Å²) >= 11 is 0. The van der Waals surface area contributed by atoms with Gasteiger partial charge in [0.05, 0.1) is 36.6 Å². The van der Waals surface area contributed by atoms with Gasteiger partial charge in [-0.05, 0) is 70.2 Å². The van der Waals surface area contributed by atoms with Gasteiger partial charge < -0.3 is 29.9 Å². The standard InChI is InChI=1S/C28H38F2N6O4/c1-17(16-40-26(29)30)33-27-32-14-23-21(13-22(36(23)34-27)18-4-6-20(37)7-5-18)19-8-9-31-25(12-19)35-10-11-39-24(15-35)28(2,3)38/h8-9,12-14,17-18,20,24,26,37-38H,4-7,10-11,15-16H2,1-3H3,(H,33,34)/t17-,18?,20?,24+/m0/s1. The number of aromatic nitrogens is 4. The number of aliphatic hydroxyl groups excluding tert-OH is 1. The van der Waals surface area contributed by atoms with Crippen LogP contribution in [0.5, 0.6) is 0 Å². The first kappa shape index (κ1) is 28.6. The maximum atomic E-state index is 12.5. The Balaban J connectivity index is 1.48. The molecule has 0 bridgehead atoms. The number of rotatable bonds is 9. The molecule has 2 atom stereocenters. The summed E-state index contributed by atoms with van der Waals surface area (Å²) in [5, 5.41) is 28.4. The zero-order chi connectivity index (χ0) is 28.4. The van der Waals surface area contributed by atoms with Gasteiger partial charge >= 0.3 is 6.61 Å². The Bertz CT molecular complexity index is 1290. The number of halogens is 2. The maximum Gasteiger partial charge on any atom is 0.345 e. The fraction of sp³-hybridized carbons (Fsp3) is 0.607. The van der Waals surface area contributed by atoms with Crippen molar-refractivity contribution in [3.8, 4) is 11.1 Å². The van der Waals surface area contributed by atoms with Gasteiger partial charge in [-0.2, -0.15) is 8.78 Å². The van der Waals surface area contributed by atoms with Gasteiger partial charge in [0.15, 0.2) is 0 Å². The largest absolute Gasteiger partial charge is 0.393 e. The molecule has 0 unspecified atom stereocenters. The average Bonchev–Trinajstić information content (AvgIpc) is 3.31. The predicted octanol–water partition coefficient (Wildman–Crippen LogP) is 3.83. The van der Waals surface area contributed by atoms with E-state index >= 15 is 0 Å². The summed E-state index contributed by atoms with van der Waals surface area (Å²) < 4.78 is 37.1. The van der Waals surface area contributed by atoms with E-state index < -0.39 is 18.3 Å². The summed E-state index contributed by atoms with van der Waals surface area (Å²) in [4.78, 5) is 11.2. The highest BCUT2D eigenvalue weighted by Gasteiger charge is 2.33. The zero-order valence-corrected chi connectivity index (χ0v) is 23.1. The van der Waals surface area contributed by atoms with Crippen molar-refractivity contribution in [1.82, 2.24) is 19.6 Å². The third-order valence-corrected chi connectivity index (χ3v) is 7.74. The summed E-state index contributed by atoms with van der Waals surface area (Å²) in [6.07, 6.45) is 6.04. The van der Waals surface area contributed by atoms with Gasteiger partial charge in [-0.1, -0.05) is 0 Å². The third kappa shape index (κ3) is 6.51. The van der Waals surface area contributed by atoms with E-state index in [4.69, 9.17) is 9.84 Å². The predicted molar refractivity (Wildman–Crippen MR) is 147 cm³/mol. The lowest BCUT2D eigenvalue weighted by atomic mass is 9.85. The first-order valence-electron chi connectivity index (χ1n) is 13.9. The topological polar surface area (TPSA) is 117 Å². The number of fused-ring (bicyclic) bond motifs is 1. The van der Waals surface area contributed by atoms with Crippen LogP contribution in [0, 0.1) is 0 Å². The van der Waals surface area contributed by atoms with Crippen molar-refractivity contribution in [2.24, 2.45) is 0 Å². The molecule has 10 nitrogen and oxygen atoms in total. The van der Waals surface area contributed by atoms with Crippen molar-refractivity contribution >= 4 is 17.3 Å². The highest BCUT2D eigenvalue weighted by molar-refractivity contribution is 5.82. The maximum absolute atomic E-state index is 12.5. The molecule has 1 aliphatic heterocycles. The smallest absolute Gasteiger partial charge is 0.345 e. The second-order valence-electron chi connectivity index (χ2n) is 11.4. The minimum absolute atomic E-state index is 0.182. The van der Waals surface area contributed by atoms with Crippen LogP contribution in [-0.2, 0) is 9.47 Å². The molecule has 5 rings (SSSR count). The third-order valence-electron chi connectivity index (χ3n) is 7.74. The molecule has 1 saturated heterocycles. The van der Waals surface area contributed by atoms with Crippen molar-refractivity contribution in [1.29, 1.82) is 0 Å².